The summed E-state index contributed by atoms with van der Waals surface area (Å²) in [5.74, 6) is 0.989. The minimum atomic E-state index is 0.752. The standard InChI is InChI=1S/C17H19N3/c1-13-5-7-14(8-6-13)16-11-15(12-18)17(19-16)20-9-3-2-4-10-20/h5-8,11,19H,2-4,9-10H2,1H3. The minimum absolute atomic E-state index is 0.752. The number of aryl methyl sites for hydroxylation is 1. The van der Waals surface area contributed by atoms with Crippen LogP contribution in [0.1, 0.15) is 30.4 Å². The van der Waals surface area contributed by atoms with Crippen molar-refractivity contribution < 1.29 is 0 Å². The minimum Gasteiger partial charge on any atom is -0.357 e. The van der Waals surface area contributed by atoms with E-state index >= 15 is 0 Å². The molecule has 1 aliphatic rings. The second-order valence-corrected chi connectivity index (χ2v) is 5.47. The third-order valence-corrected chi connectivity index (χ3v) is 3.95. The lowest BCUT2D eigenvalue weighted by Crippen LogP contribution is -2.30. The Hall–Kier alpha value is -2.21. The van der Waals surface area contributed by atoms with Crippen LogP contribution in [0.4, 0.5) is 5.82 Å². The molecule has 1 saturated heterocycles. The first kappa shape index (κ1) is 12.8. The Morgan fingerprint density at radius 1 is 1.10 bits per heavy atom. The summed E-state index contributed by atoms with van der Waals surface area (Å²) in [6.45, 7) is 4.17. The number of hydrogen-bond acceptors (Lipinski definition) is 2. The van der Waals surface area contributed by atoms with E-state index < -0.39 is 0 Å². The monoisotopic (exact) mass is 265 g/mol. The van der Waals surface area contributed by atoms with Gasteiger partial charge in [0.15, 0.2) is 0 Å². The van der Waals surface area contributed by atoms with Gasteiger partial charge in [0.25, 0.3) is 0 Å². The van der Waals surface area contributed by atoms with Crippen LogP contribution in [-0.2, 0) is 0 Å². The number of nitrogens with zero attached hydrogens (tertiary/aromatic N) is 2. The van der Waals surface area contributed by atoms with E-state index in [2.05, 4.69) is 47.1 Å². The molecule has 3 rings (SSSR count). The number of anilines is 1. The van der Waals surface area contributed by atoms with Gasteiger partial charge in [0.05, 0.1) is 5.56 Å². The summed E-state index contributed by atoms with van der Waals surface area (Å²) in [5, 5.41) is 9.36. The molecule has 1 aromatic heterocycles. The van der Waals surface area contributed by atoms with Crippen molar-refractivity contribution in [1.29, 1.82) is 5.26 Å². The summed E-state index contributed by atoms with van der Waals surface area (Å²) >= 11 is 0. The smallest absolute Gasteiger partial charge is 0.124 e. The van der Waals surface area contributed by atoms with Gasteiger partial charge in [-0.1, -0.05) is 29.8 Å². The van der Waals surface area contributed by atoms with Gasteiger partial charge in [-0.25, -0.2) is 0 Å². The van der Waals surface area contributed by atoms with Gasteiger partial charge in [0, 0.05) is 18.8 Å². The van der Waals surface area contributed by atoms with E-state index in [1.807, 2.05) is 6.07 Å². The number of aromatic nitrogens is 1. The summed E-state index contributed by atoms with van der Waals surface area (Å²) in [7, 11) is 0. The highest BCUT2D eigenvalue weighted by Crippen LogP contribution is 2.29. The first-order valence-electron chi connectivity index (χ1n) is 7.23. The number of nitrogens with one attached hydrogen (secondary N) is 1. The van der Waals surface area contributed by atoms with Crippen molar-refractivity contribution in [1.82, 2.24) is 4.98 Å². The van der Waals surface area contributed by atoms with E-state index in [4.69, 9.17) is 0 Å². The maximum absolute atomic E-state index is 9.36. The van der Waals surface area contributed by atoms with Crippen molar-refractivity contribution in [3.63, 3.8) is 0 Å². The van der Waals surface area contributed by atoms with Crippen LogP contribution < -0.4 is 4.90 Å². The molecule has 102 valence electrons. The number of nitriles is 1. The molecular weight excluding hydrogens is 246 g/mol. The Morgan fingerprint density at radius 2 is 1.80 bits per heavy atom. The van der Waals surface area contributed by atoms with Gasteiger partial charge in [-0.3, -0.25) is 0 Å². The zero-order valence-electron chi connectivity index (χ0n) is 11.8. The molecule has 3 heteroatoms. The highest BCUT2D eigenvalue weighted by Gasteiger charge is 2.17. The summed E-state index contributed by atoms with van der Waals surface area (Å²) < 4.78 is 0. The van der Waals surface area contributed by atoms with Gasteiger partial charge in [-0.2, -0.15) is 5.26 Å². The number of rotatable bonds is 2. The first-order valence-corrected chi connectivity index (χ1v) is 7.23. The fourth-order valence-electron chi connectivity index (χ4n) is 2.78. The Balaban J connectivity index is 1.96. The molecule has 2 heterocycles. The van der Waals surface area contributed by atoms with Gasteiger partial charge >= 0.3 is 0 Å². The second-order valence-electron chi connectivity index (χ2n) is 5.47. The van der Waals surface area contributed by atoms with Crippen LogP contribution in [0.3, 0.4) is 0 Å². The molecule has 1 aliphatic heterocycles. The topological polar surface area (TPSA) is 42.8 Å². The van der Waals surface area contributed by atoms with Gasteiger partial charge < -0.3 is 9.88 Å². The van der Waals surface area contributed by atoms with Crippen LogP contribution >= 0.6 is 0 Å². The molecule has 0 saturated carbocycles. The van der Waals surface area contributed by atoms with E-state index in [0.717, 1.165) is 35.7 Å². The quantitative estimate of drug-likeness (QED) is 0.896. The lowest BCUT2D eigenvalue weighted by molar-refractivity contribution is 0.574. The Kier molecular flexibility index (Phi) is 3.47. The first-order chi connectivity index (χ1) is 9.78. The number of aromatic amines is 1. The number of H-pyrrole nitrogens is 1. The average molecular weight is 265 g/mol. The maximum atomic E-state index is 9.36. The molecule has 1 fully saturated rings. The Bertz CT molecular complexity index is 625. The normalized spacial score (nSPS) is 15.1. The summed E-state index contributed by atoms with van der Waals surface area (Å²) in [6.07, 6.45) is 3.72. The molecule has 0 amide bonds. The van der Waals surface area contributed by atoms with Crippen molar-refractivity contribution in [3.05, 3.63) is 41.5 Å². The van der Waals surface area contributed by atoms with E-state index in [-0.39, 0.29) is 0 Å². The van der Waals surface area contributed by atoms with Crippen molar-refractivity contribution >= 4 is 5.82 Å². The summed E-state index contributed by atoms with van der Waals surface area (Å²) in [4.78, 5) is 5.75. The second kappa shape index (κ2) is 5.42. The third kappa shape index (κ3) is 2.42. The maximum Gasteiger partial charge on any atom is 0.124 e. The molecule has 0 unspecified atom stereocenters. The van der Waals surface area contributed by atoms with E-state index in [1.165, 1.54) is 24.8 Å². The van der Waals surface area contributed by atoms with Gasteiger partial charge in [0.2, 0.25) is 0 Å². The van der Waals surface area contributed by atoms with E-state index in [1.54, 1.807) is 0 Å². The molecule has 20 heavy (non-hydrogen) atoms. The van der Waals surface area contributed by atoms with Crippen molar-refractivity contribution in [2.45, 2.75) is 26.2 Å². The number of piperidine rings is 1. The third-order valence-electron chi connectivity index (χ3n) is 3.95. The van der Waals surface area contributed by atoms with Crippen LogP contribution in [0.15, 0.2) is 30.3 Å². The van der Waals surface area contributed by atoms with Gasteiger partial charge in [-0.05, 0) is 37.8 Å². The zero-order valence-corrected chi connectivity index (χ0v) is 11.8. The molecule has 1 aromatic carbocycles. The highest BCUT2D eigenvalue weighted by atomic mass is 15.2. The molecule has 0 atom stereocenters. The van der Waals surface area contributed by atoms with Crippen LogP contribution in [0, 0.1) is 18.3 Å². The van der Waals surface area contributed by atoms with Crippen LogP contribution in [0.2, 0.25) is 0 Å². The van der Waals surface area contributed by atoms with Crippen LogP contribution in [-0.4, -0.2) is 18.1 Å². The molecule has 2 aromatic rings. The van der Waals surface area contributed by atoms with Crippen LogP contribution in [0.5, 0.6) is 0 Å². The van der Waals surface area contributed by atoms with Gasteiger partial charge in [-0.15, -0.1) is 0 Å². The number of hydrogen-bond donors (Lipinski definition) is 1. The van der Waals surface area contributed by atoms with E-state index in [0.29, 0.717) is 0 Å². The lowest BCUT2D eigenvalue weighted by atomic mass is 10.1. The summed E-state index contributed by atoms with van der Waals surface area (Å²) in [6, 6.07) is 12.7. The highest BCUT2D eigenvalue weighted by molar-refractivity contribution is 5.69. The fraction of sp³-hybridized carbons (Fsp3) is 0.353. The number of benzene rings is 1. The molecule has 1 N–H and O–H groups in total. The van der Waals surface area contributed by atoms with Gasteiger partial charge in [0.1, 0.15) is 11.9 Å². The summed E-state index contributed by atoms with van der Waals surface area (Å²) in [5.41, 5.74) is 4.16. The molecule has 0 spiro atoms. The average Bonchev–Trinajstić information content (AvgIpc) is 2.93. The molecule has 0 bridgehead atoms. The molecule has 3 nitrogen and oxygen atoms in total. The SMILES string of the molecule is Cc1ccc(-c2cc(C#N)c(N3CCCCC3)[nH]2)cc1. The predicted octanol–water partition coefficient (Wildman–Crippen LogP) is 3.85. The lowest BCUT2D eigenvalue weighted by Gasteiger charge is -2.27. The fourth-order valence-corrected chi connectivity index (χ4v) is 2.78. The molecule has 0 aliphatic carbocycles. The molecular formula is C17H19N3. The Morgan fingerprint density at radius 3 is 2.45 bits per heavy atom. The van der Waals surface area contributed by atoms with Crippen molar-refractivity contribution in [2.75, 3.05) is 18.0 Å². The predicted molar refractivity (Wildman–Crippen MR) is 81.7 cm³/mol. The molecule has 0 radical (unpaired) electrons. The van der Waals surface area contributed by atoms with Crippen molar-refractivity contribution in [2.24, 2.45) is 0 Å². The van der Waals surface area contributed by atoms with E-state index in [9.17, 15) is 5.26 Å². The Labute approximate surface area is 119 Å². The zero-order chi connectivity index (χ0) is 13.9. The van der Waals surface area contributed by atoms with Crippen molar-refractivity contribution in [3.8, 4) is 17.3 Å². The van der Waals surface area contributed by atoms with Crippen LogP contribution in [0.25, 0.3) is 11.3 Å². The largest absolute Gasteiger partial charge is 0.357 e.